The first kappa shape index (κ1) is 24.5. The topological polar surface area (TPSA) is 74.1 Å². The van der Waals surface area contributed by atoms with Crippen molar-refractivity contribution in [1.29, 1.82) is 0 Å². The van der Waals surface area contributed by atoms with Crippen LogP contribution in [0.25, 0.3) is 0 Å². The summed E-state index contributed by atoms with van der Waals surface area (Å²) in [6, 6.07) is 19.5. The summed E-state index contributed by atoms with van der Waals surface area (Å²) in [5.41, 5.74) is 4.15. The number of thioether (sulfide) groups is 1. The van der Waals surface area contributed by atoms with Gasteiger partial charge in [-0.25, -0.2) is 4.99 Å². The van der Waals surface area contributed by atoms with E-state index < -0.39 is 6.04 Å². The molecular formula is C28H28N4O2S2. The molecule has 0 radical (unpaired) electrons. The molecular weight excluding hydrogens is 488 g/mol. The molecule has 2 aliphatic rings. The number of carbonyl (C=O) groups excluding carboxylic acids is 2. The summed E-state index contributed by atoms with van der Waals surface area (Å²) in [5, 5.41) is 5.60. The van der Waals surface area contributed by atoms with Gasteiger partial charge < -0.3 is 5.32 Å². The van der Waals surface area contributed by atoms with Gasteiger partial charge in [0.15, 0.2) is 5.17 Å². The summed E-state index contributed by atoms with van der Waals surface area (Å²) in [5.74, 6) is 0.781. The van der Waals surface area contributed by atoms with E-state index in [4.69, 9.17) is 4.99 Å². The van der Waals surface area contributed by atoms with Crippen molar-refractivity contribution in [2.45, 2.75) is 50.9 Å². The first-order valence-electron chi connectivity index (χ1n) is 11.9. The third-order valence-corrected chi connectivity index (χ3v) is 8.11. The number of rotatable bonds is 6. The zero-order valence-electron chi connectivity index (χ0n) is 20.5. The number of benzene rings is 2. The number of para-hydroxylation sites is 1. The smallest absolute Gasteiger partial charge is 0.271 e. The van der Waals surface area contributed by atoms with Gasteiger partial charge in [-0.1, -0.05) is 75.0 Å². The predicted octanol–water partition coefficient (Wildman–Crippen LogP) is 5.64. The van der Waals surface area contributed by atoms with Crippen LogP contribution in [-0.4, -0.2) is 33.8 Å². The number of fused-ring (bicyclic) bond motifs is 3. The monoisotopic (exact) mass is 516 g/mol. The molecule has 0 bridgehead atoms. The maximum absolute atomic E-state index is 13.0. The Morgan fingerprint density at radius 1 is 1.06 bits per heavy atom. The highest BCUT2D eigenvalue weighted by Gasteiger charge is 2.42. The Morgan fingerprint density at radius 3 is 2.56 bits per heavy atom. The number of amides is 2. The summed E-state index contributed by atoms with van der Waals surface area (Å²) < 4.78 is 0. The molecule has 8 heteroatoms. The van der Waals surface area contributed by atoms with Crippen molar-refractivity contribution in [3.8, 4) is 0 Å². The Balaban J connectivity index is 1.35. The molecule has 1 atom stereocenters. The maximum atomic E-state index is 13.0. The quantitative estimate of drug-likeness (QED) is 0.460. The van der Waals surface area contributed by atoms with Crippen LogP contribution >= 0.6 is 23.1 Å². The number of nitrogens with zero attached hydrogens (tertiary/aromatic N) is 3. The van der Waals surface area contributed by atoms with Gasteiger partial charge in [-0.05, 0) is 40.1 Å². The summed E-state index contributed by atoms with van der Waals surface area (Å²) in [6.45, 7) is 7.06. The Kier molecular flexibility index (Phi) is 6.81. The van der Waals surface area contributed by atoms with Crippen molar-refractivity contribution < 1.29 is 9.59 Å². The molecule has 3 heterocycles. The fourth-order valence-corrected chi connectivity index (χ4v) is 5.85. The van der Waals surface area contributed by atoms with Crippen LogP contribution in [0.2, 0.25) is 0 Å². The fraction of sp³-hybridized carbons (Fsp3) is 0.286. The van der Waals surface area contributed by atoms with Gasteiger partial charge in [0, 0.05) is 16.2 Å². The minimum absolute atomic E-state index is 0.0270. The number of hydrogen-bond acceptors (Lipinski definition) is 6. The molecule has 5 rings (SSSR count). The van der Waals surface area contributed by atoms with E-state index in [-0.39, 0.29) is 23.7 Å². The highest BCUT2D eigenvalue weighted by atomic mass is 32.2. The molecule has 1 aromatic heterocycles. The van der Waals surface area contributed by atoms with Crippen molar-refractivity contribution in [2.75, 3.05) is 0 Å². The molecule has 2 aromatic carbocycles. The lowest BCUT2D eigenvalue weighted by atomic mass is 9.87. The van der Waals surface area contributed by atoms with Gasteiger partial charge in [0.2, 0.25) is 5.91 Å². The lowest BCUT2D eigenvalue weighted by Crippen LogP contribution is -2.45. The molecule has 0 spiro atoms. The number of amidine groups is 2. The predicted molar refractivity (Wildman–Crippen MR) is 148 cm³/mol. The molecule has 1 unspecified atom stereocenters. The van der Waals surface area contributed by atoms with Crippen LogP contribution in [-0.2, 0) is 27.3 Å². The lowest BCUT2D eigenvalue weighted by Gasteiger charge is -2.31. The minimum Gasteiger partial charge on any atom is -0.351 e. The van der Waals surface area contributed by atoms with Crippen molar-refractivity contribution in [1.82, 2.24) is 10.2 Å². The van der Waals surface area contributed by atoms with Crippen molar-refractivity contribution in [3.05, 3.63) is 87.6 Å². The molecule has 1 N–H and O–H groups in total. The van der Waals surface area contributed by atoms with E-state index in [1.807, 2.05) is 46.7 Å². The van der Waals surface area contributed by atoms with Crippen LogP contribution in [0.3, 0.4) is 0 Å². The zero-order chi connectivity index (χ0) is 25.3. The van der Waals surface area contributed by atoms with Crippen molar-refractivity contribution in [3.63, 3.8) is 0 Å². The summed E-state index contributed by atoms with van der Waals surface area (Å²) in [6.07, 6.45) is 0.0270. The third-order valence-electron chi connectivity index (χ3n) is 6.21. The Hall–Kier alpha value is -3.23. The van der Waals surface area contributed by atoms with Crippen molar-refractivity contribution in [2.24, 2.45) is 9.98 Å². The number of thiophene rings is 1. The first-order valence-corrected chi connectivity index (χ1v) is 13.8. The average molecular weight is 517 g/mol. The van der Waals surface area contributed by atoms with Crippen LogP contribution in [0.5, 0.6) is 0 Å². The SMILES string of the molecule is CC(C)(C)c1ccc(CSC2=Nc3ccccc3C3=NC(=O)C(CC(=O)NCc4cccs4)N23)cc1. The molecule has 36 heavy (non-hydrogen) atoms. The van der Waals surface area contributed by atoms with Gasteiger partial charge >= 0.3 is 0 Å². The van der Waals surface area contributed by atoms with Crippen molar-refractivity contribution >= 4 is 51.6 Å². The largest absolute Gasteiger partial charge is 0.351 e. The molecule has 0 saturated heterocycles. The van der Waals surface area contributed by atoms with E-state index in [1.165, 1.54) is 11.1 Å². The molecule has 2 aliphatic heterocycles. The van der Waals surface area contributed by atoms with Gasteiger partial charge in [0.1, 0.15) is 11.9 Å². The van der Waals surface area contributed by atoms with Gasteiger partial charge in [0.25, 0.3) is 5.91 Å². The van der Waals surface area contributed by atoms with Gasteiger partial charge in [-0.2, -0.15) is 4.99 Å². The second kappa shape index (κ2) is 10.0. The highest BCUT2D eigenvalue weighted by Crippen LogP contribution is 2.36. The van der Waals surface area contributed by atoms with E-state index in [0.29, 0.717) is 23.3 Å². The van der Waals surface area contributed by atoms with Gasteiger partial charge in [-0.3, -0.25) is 14.5 Å². The van der Waals surface area contributed by atoms with E-state index in [1.54, 1.807) is 23.1 Å². The number of carbonyl (C=O) groups is 2. The first-order chi connectivity index (χ1) is 17.3. The molecule has 2 amide bonds. The Bertz CT molecular complexity index is 1340. The van der Waals surface area contributed by atoms with Crippen LogP contribution in [0.15, 0.2) is 76.0 Å². The second-order valence-corrected chi connectivity index (χ2v) is 11.8. The van der Waals surface area contributed by atoms with E-state index in [9.17, 15) is 9.59 Å². The fourth-order valence-electron chi connectivity index (χ4n) is 4.20. The van der Waals surface area contributed by atoms with E-state index >= 15 is 0 Å². The standard InChI is InChI=1S/C28H28N4O2S2/c1-28(2,3)19-12-10-18(11-13-19)17-36-27-30-22-9-5-4-8-21(22)25-31-26(34)23(32(25)27)15-24(33)29-16-20-7-6-14-35-20/h4-14,23H,15-17H2,1-3H3,(H,29,33). The molecule has 184 valence electrons. The average Bonchev–Trinajstić information content (AvgIpc) is 3.49. The van der Waals surface area contributed by atoms with Crippen LogP contribution in [0, 0.1) is 0 Å². The molecule has 0 aliphatic carbocycles. The lowest BCUT2D eigenvalue weighted by molar-refractivity contribution is -0.126. The summed E-state index contributed by atoms with van der Waals surface area (Å²) in [7, 11) is 0. The summed E-state index contributed by atoms with van der Waals surface area (Å²) in [4.78, 5) is 37.9. The summed E-state index contributed by atoms with van der Waals surface area (Å²) >= 11 is 3.15. The highest BCUT2D eigenvalue weighted by molar-refractivity contribution is 8.13. The minimum atomic E-state index is -0.703. The number of aliphatic imine (C=N–C) groups is 2. The van der Waals surface area contributed by atoms with E-state index in [2.05, 4.69) is 55.3 Å². The second-order valence-electron chi connectivity index (χ2n) is 9.87. The molecule has 0 fully saturated rings. The number of nitrogens with one attached hydrogen (secondary N) is 1. The van der Waals surface area contributed by atoms with Crippen LogP contribution in [0.1, 0.15) is 48.8 Å². The van der Waals surface area contributed by atoms with E-state index in [0.717, 1.165) is 16.1 Å². The molecule has 3 aromatic rings. The zero-order valence-corrected chi connectivity index (χ0v) is 22.2. The molecule has 6 nitrogen and oxygen atoms in total. The normalized spacial score (nSPS) is 16.8. The maximum Gasteiger partial charge on any atom is 0.271 e. The van der Waals surface area contributed by atoms with Crippen LogP contribution < -0.4 is 5.32 Å². The molecule has 0 saturated carbocycles. The Labute approximate surface area is 219 Å². The Morgan fingerprint density at radius 2 is 1.83 bits per heavy atom. The van der Waals surface area contributed by atoms with Crippen LogP contribution in [0.4, 0.5) is 5.69 Å². The number of hydrogen-bond donors (Lipinski definition) is 1. The van der Waals surface area contributed by atoms with Gasteiger partial charge in [0.05, 0.1) is 18.7 Å². The third kappa shape index (κ3) is 5.15. The van der Waals surface area contributed by atoms with Gasteiger partial charge in [-0.15, -0.1) is 11.3 Å².